The second kappa shape index (κ2) is 5.27. The summed E-state index contributed by atoms with van der Waals surface area (Å²) < 4.78 is 37.5. The van der Waals surface area contributed by atoms with Crippen molar-refractivity contribution in [2.45, 2.75) is 6.18 Å². The van der Waals surface area contributed by atoms with Gasteiger partial charge in [-0.1, -0.05) is 23.3 Å². The molecule has 17 heavy (non-hydrogen) atoms. The number of nitrogens with zero attached hydrogens (tertiary/aromatic N) is 3. The Morgan fingerprint density at radius 2 is 2.12 bits per heavy atom. The van der Waals surface area contributed by atoms with Gasteiger partial charge in [0.15, 0.2) is 0 Å². The predicted octanol–water partition coefficient (Wildman–Crippen LogP) is 3.61. The monoisotopic (exact) mass is 242 g/mol. The van der Waals surface area contributed by atoms with Gasteiger partial charge in [0.25, 0.3) is 0 Å². The molecule has 0 aliphatic heterocycles. The summed E-state index contributed by atoms with van der Waals surface area (Å²) in [4.78, 5) is 2.51. The highest BCUT2D eigenvalue weighted by atomic mass is 19.4. The van der Waals surface area contributed by atoms with E-state index in [9.17, 15) is 13.2 Å². The second-order valence-electron chi connectivity index (χ2n) is 3.16. The normalized spacial score (nSPS) is 11.5. The lowest BCUT2D eigenvalue weighted by Crippen LogP contribution is -2.08. The molecule has 0 bridgehead atoms. The summed E-state index contributed by atoms with van der Waals surface area (Å²) in [6.07, 6.45) is -1.58. The van der Waals surface area contributed by atoms with Gasteiger partial charge in [-0.25, -0.2) is 0 Å². The molecule has 7 heteroatoms. The molecule has 0 fully saturated rings. The van der Waals surface area contributed by atoms with Crippen LogP contribution in [0.25, 0.3) is 16.5 Å². The van der Waals surface area contributed by atoms with Gasteiger partial charge in [-0.3, -0.25) is 0 Å². The number of benzene rings is 1. The molecule has 0 atom stereocenters. The van der Waals surface area contributed by atoms with Crippen LogP contribution in [0.1, 0.15) is 11.1 Å². The summed E-state index contributed by atoms with van der Waals surface area (Å²) in [7, 11) is 0. The first-order valence-electron chi connectivity index (χ1n) is 4.59. The standard InChI is InChI=1S/C10H9F3N4/c11-10(12,13)8-6-7(3-4-9(8)14)2-1-5-16-17-15/h1-4,6H,5,14H2. The summed E-state index contributed by atoms with van der Waals surface area (Å²) in [5, 5.41) is 3.22. The summed E-state index contributed by atoms with van der Waals surface area (Å²) in [6.45, 7) is 0.0855. The van der Waals surface area contributed by atoms with E-state index < -0.39 is 11.7 Å². The number of hydrogen-bond donors (Lipinski definition) is 1. The zero-order valence-corrected chi connectivity index (χ0v) is 8.65. The molecule has 4 nitrogen and oxygen atoms in total. The number of alkyl halides is 3. The van der Waals surface area contributed by atoms with Gasteiger partial charge in [0.1, 0.15) is 0 Å². The molecule has 0 saturated carbocycles. The van der Waals surface area contributed by atoms with Crippen LogP contribution in [0, 0.1) is 0 Å². The molecule has 0 saturated heterocycles. The van der Waals surface area contributed by atoms with E-state index in [1.165, 1.54) is 24.3 Å². The number of nitrogens with two attached hydrogens (primary N) is 1. The van der Waals surface area contributed by atoms with Crippen LogP contribution in [0.3, 0.4) is 0 Å². The summed E-state index contributed by atoms with van der Waals surface area (Å²) >= 11 is 0. The van der Waals surface area contributed by atoms with Crippen molar-refractivity contribution in [3.63, 3.8) is 0 Å². The minimum absolute atomic E-state index is 0.0855. The SMILES string of the molecule is [N-]=[N+]=NCC=Cc1ccc(N)c(C(F)(F)F)c1. The zero-order valence-electron chi connectivity index (χ0n) is 8.65. The molecule has 0 spiro atoms. The maximum atomic E-state index is 12.5. The Bertz CT molecular complexity index is 473. The van der Waals surface area contributed by atoms with E-state index in [-0.39, 0.29) is 12.2 Å². The fourth-order valence-corrected chi connectivity index (χ4v) is 1.20. The number of anilines is 1. The smallest absolute Gasteiger partial charge is 0.398 e. The Hall–Kier alpha value is -2.14. The van der Waals surface area contributed by atoms with Crippen molar-refractivity contribution in [3.05, 3.63) is 45.8 Å². The largest absolute Gasteiger partial charge is 0.418 e. The Labute approximate surface area is 95.2 Å². The van der Waals surface area contributed by atoms with Crippen molar-refractivity contribution >= 4 is 11.8 Å². The van der Waals surface area contributed by atoms with E-state index in [1.54, 1.807) is 0 Å². The van der Waals surface area contributed by atoms with Crippen LogP contribution >= 0.6 is 0 Å². The highest BCUT2D eigenvalue weighted by Gasteiger charge is 2.32. The molecule has 1 aromatic rings. The molecule has 0 radical (unpaired) electrons. The molecular weight excluding hydrogens is 233 g/mol. The molecule has 0 unspecified atom stereocenters. The first-order chi connectivity index (χ1) is 7.95. The molecule has 1 aromatic carbocycles. The van der Waals surface area contributed by atoms with E-state index in [4.69, 9.17) is 11.3 Å². The third-order valence-electron chi connectivity index (χ3n) is 1.94. The van der Waals surface area contributed by atoms with Gasteiger partial charge < -0.3 is 5.73 Å². The van der Waals surface area contributed by atoms with Crippen LogP contribution in [0.2, 0.25) is 0 Å². The maximum Gasteiger partial charge on any atom is 0.418 e. The minimum atomic E-state index is -4.47. The van der Waals surface area contributed by atoms with E-state index in [2.05, 4.69) is 10.0 Å². The lowest BCUT2D eigenvalue weighted by Gasteiger charge is -2.10. The first kappa shape index (κ1) is 12.9. The first-order valence-corrected chi connectivity index (χ1v) is 4.59. The van der Waals surface area contributed by atoms with Gasteiger partial charge in [-0.05, 0) is 23.2 Å². The van der Waals surface area contributed by atoms with Gasteiger partial charge in [-0.15, -0.1) is 0 Å². The van der Waals surface area contributed by atoms with Crippen molar-refractivity contribution in [3.8, 4) is 0 Å². The Kier molecular flexibility index (Phi) is 4.01. The average molecular weight is 242 g/mol. The molecule has 0 heterocycles. The molecule has 90 valence electrons. The van der Waals surface area contributed by atoms with Crippen molar-refractivity contribution in [2.75, 3.05) is 12.3 Å². The molecule has 0 amide bonds. The fraction of sp³-hybridized carbons (Fsp3) is 0.200. The lowest BCUT2D eigenvalue weighted by atomic mass is 10.1. The van der Waals surface area contributed by atoms with E-state index in [1.807, 2.05) is 0 Å². The summed E-state index contributed by atoms with van der Waals surface area (Å²) in [5.41, 5.74) is 12.4. The van der Waals surface area contributed by atoms with Crippen LogP contribution < -0.4 is 5.73 Å². The second-order valence-corrected chi connectivity index (χ2v) is 3.16. The number of nitrogen functional groups attached to an aromatic ring is 1. The Morgan fingerprint density at radius 1 is 1.41 bits per heavy atom. The minimum Gasteiger partial charge on any atom is -0.398 e. The van der Waals surface area contributed by atoms with Crippen LogP contribution in [0.15, 0.2) is 29.4 Å². The fourth-order valence-electron chi connectivity index (χ4n) is 1.20. The Morgan fingerprint density at radius 3 is 2.71 bits per heavy atom. The molecular formula is C10H9F3N4. The topological polar surface area (TPSA) is 74.8 Å². The van der Waals surface area contributed by atoms with Gasteiger partial charge in [-0.2, -0.15) is 13.2 Å². The molecule has 1 rings (SSSR count). The van der Waals surface area contributed by atoms with Crippen molar-refractivity contribution in [2.24, 2.45) is 5.11 Å². The summed E-state index contributed by atoms with van der Waals surface area (Å²) in [6, 6.07) is 3.59. The number of hydrogen-bond acceptors (Lipinski definition) is 2. The van der Waals surface area contributed by atoms with Crippen LogP contribution in [-0.4, -0.2) is 6.54 Å². The van der Waals surface area contributed by atoms with Crippen LogP contribution in [-0.2, 0) is 6.18 Å². The summed E-state index contributed by atoms with van der Waals surface area (Å²) in [5.74, 6) is 0. The third-order valence-corrected chi connectivity index (χ3v) is 1.94. The van der Waals surface area contributed by atoms with Crippen molar-refractivity contribution in [1.82, 2.24) is 0 Å². The van der Waals surface area contributed by atoms with E-state index in [0.29, 0.717) is 5.56 Å². The maximum absolute atomic E-state index is 12.5. The van der Waals surface area contributed by atoms with Gasteiger partial charge in [0.05, 0.1) is 5.56 Å². The highest BCUT2D eigenvalue weighted by molar-refractivity contribution is 5.58. The van der Waals surface area contributed by atoms with E-state index >= 15 is 0 Å². The number of rotatable bonds is 3. The van der Waals surface area contributed by atoms with Gasteiger partial charge in [0, 0.05) is 17.1 Å². The molecule has 0 aliphatic rings. The van der Waals surface area contributed by atoms with Gasteiger partial charge in [0.2, 0.25) is 0 Å². The quantitative estimate of drug-likeness (QED) is 0.374. The molecule has 0 aromatic heterocycles. The predicted molar refractivity (Wildman–Crippen MR) is 58.9 cm³/mol. The van der Waals surface area contributed by atoms with Gasteiger partial charge >= 0.3 is 6.18 Å². The van der Waals surface area contributed by atoms with Crippen molar-refractivity contribution in [1.29, 1.82) is 0 Å². The third kappa shape index (κ3) is 3.73. The molecule has 0 aliphatic carbocycles. The van der Waals surface area contributed by atoms with Crippen LogP contribution in [0.4, 0.5) is 18.9 Å². The average Bonchev–Trinajstić information content (AvgIpc) is 2.25. The Balaban J connectivity index is 2.97. The number of halogens is 3. The lowest BCUT2D eigenvalue weighted by molar-refractivity contribution is -0.136. The molecule has 2 N–H and O–H groups in total. The van der Waals surface area contributed by atoms with E-state index in [0.717, 1.165) is 6.07 Å². The van der Waals surface area contributed by atoms with Crippen molar-refractivity contribution < 1.29 is 13.2 Å². The van der Waals surface area contributed by atoms with Crippen LogP contribution in [0.5, 0.6) is 0 Å². The zero-order chi connectivity index (χ0) is 12.9. The number of azide groups is 1. The highest BCUT2D eigenvalue weighted by Crippen LogP contribution is 2.34.